The van der Waals surface area contributed by atoms with E-state index < -0.39 is 11.7 Å². The molecule has 1 N–H and O–H groups in total. The van der Waals surface area contributed by atoms with E-state index in [0.29, 0.717) is 0 Å². The minimum absolute atomic E-state index is 0.0283. The van der Waals surface area contributed by atoms with E-state index in [0.717, 1.165) is 23.1 Å². The fourth-order valence-electron chi connectivity index (χ4n) is 2.14. The van der Waals surface area contributed by atoms with Gasteiger partial charge in [-0.2, -0.15) is 5.10 Å². The lowest BCUT2D eigenvalue weighted by molar-refractivity contribution is 0.0946. The maximum atomic E-state index is 13.5. The molecule has 6 nitrogen and oxygen atoms in total. The first-order valence-electron chi connectivity index (χ1n) is 6.96. The molecule has 0 bridgehead atoms. The largest absolute Gasteiger partial charge is 0.348 e. The van der Waals surface area contributed by atoms with Gasteiger partial charge in [0.25, 0.3) is 5.91 Å². The van der Waals surface area contributed by atoms with E-state index in [1.54, 1.807) is 17.1 Å². The van der Waals surface area contributed by atoms with Gasteiger partial charge in [0.1, 0.15) is 0 Å². The highest BCUT2D eigenvalue weighted by Crippen LogP contribution is 2.15. The lowest BCUT2D eigenvalue weighted by Crippen LogP contribution is -2.24. The second kappa shape index (κ2) is 6.35. The molecule has 0 aliphatic carbocycles. The topological polar surface area (TPSA) is 72.7 Å². The zero-order valence-corrected chi connectivity index (χ0v) is 12.4. The first kappa shape index (κ1) is 14.8. The Balaban J connectivity index is 1.66. The molecule has 0 unspecified atom stereocenters. The number of pyridine rings is 2. The molecule has 0 aliphatic heterocycles. The van der Waals surface area contributed by atoms with Crippen LogP contribution in [0.5, 0.6) is 0 Å². The first-order chi connectivity index (χ1) is 11.1. The standard InChI is InChI=1S/C16H14FN5O/c1-22-15(5-7-21-22)14-3-2-11(8-19-14)9-20-16(23)12-4-6-18-10-13(12)17/h2-8,10H,9H2,1H3,(H,20,23). The lowest BCUT2D eigenvalue weighted by atomic mass is 10.2. The molecular weight excluding hydrogens is 297 g/mol. The van der Waals surface area contributed by atoms with Gasteiger partial charge >= 0.3 is 0 Å². The molecular formula is C16H14FN5O. The van der Waals surface area contributed by atoms with Gasteiger partial charge in [-0.05, 0) is 23.8 Å². The van der Waals surface area contributed by atoms with Gasteiger partial charge in [-0.3, -0.25) is 19.4 Å². The number of carbonyl (C=O) groups excluding carboxylic acids is 1. The van der Waals surface area contributed by atoms with Crippen LogP contribution in [0.2, 0.25) is 0 Å². The zero-order chi connectivity index (χ0) is 16.2. The van der Waals surface area contributed by atoms with Crippen molar-refractivity contribution in [2.24, 2.45) is 7.05 Å². The van der Waals surface area contributed by atoms with Crippen LogP contribution in [0.4, 0.5) is 4.39 Å². The number of halogens is 1. The predicted molar refractivity (Wildman–Crippen MR) is 81.8 cm³/mol. The van der Waals surface area contributed by atoms with Crippen LogP contribution in [0.25, 0.3) is 11.4 Å². The van der Waals surface area contributed by atoms with Crippen molar-refractivity contribution in [2.45, 2.75) is 6.54 Å². The van der Waals surface area contributed by atoms with Gasteiger partial charge in [0.15, 0.2) is 5.82 Å². The third-order valence-corrected chi connectivity index (χ3v) is 3.38. The van der Waals surface area contributed by atoms with E-state index in [-0.39, 0.29) is 12.1 Å². The normalized spacial score (nSPS) is 10.5. The molecule has 0 radical (unpaired) electrons. The number of aryl methyl sites for hydroxylation is 1. The maximum absolute atomic E-state index is 13.5. The number of amides is 1. The lowest BCUT2D eigenvalue weighted by Gasteiger charge is -2.07. The second-order valence-corrected chi connectivity index (χ2v) is 4.93. The Bertz CT molecular complexity index is 828. The highest BCUT2D eigenvalue weighted by molar-refractivity contribution is 5.94. The molecule has 0 aromatic carbocycles. The molecule has 0 atom stereocenters. The van der Waals surface area contributed by atoms with Crippen molar-refractivity contribution in [1.82, 2.24) is 25.1 Å². The summed E-state index contributed by atoms with van der Waals surface area (Å²) >= 11 is 0. The fourth-order valence-corrected chi connectivity index (χ4v) is 2.14. The number of hydrogen-bond acceptors (Lipinski definition) is 4. The molecule has 0 saturated heterocycles. The van der Waals surface area contributed by atoms with Crippen LogP contribution in [0.1, 0.15) is 15.9 Å². The summed E-state index contributed by atoms with van der Waals surface area (Å²) in [4.78, 5) is 19.9. The number of aromatic nitrogens is 4. The number of carbonyl (C=O) groups is 1. The van der Waals surface area contributed by atoms with Crippen molar-refractivity contribution in [3.05, 3.63) is 66.0 Å². The van der Waals surface area contributed by atoms with Crippen LogP contribution < -0.4 is 5.32 Å². The molecule has 7 heteroatoms. The minimum atomic E-state index is -0.644. The highest BCUT2D eigenvalue weighted by Gasteiger charge is 2.11. The third-order valence-electron chi connectivity index (χ3n) is 3.38. The Kier molecular flexibility index (Phi) is 4.09. The van der Waals surface area contributed by atoms with Gasteiger partial charge in [-0.1, -0.05) is 6.07 Å². The molecule has 3 heterocycles. The molecule has 3 aromatic heterocycles. The Labute approximate surface area is 132 Å². The molecule has 3 aromatic rings. The highest BCUT2D eigenvalue weighted by atomic mass is 19.1. The van der Waals surface area contributed by atoms with Crippen LogP contribution in [0.15, 0.2) is 49.1 Å². The van der Waals surface area contributed by atoms with E-state index in [2.05, 4.69) is 20.4 Å². The van der Waals surface area contributed by atoms with Crippen molar-refractivity contribution in [2.75, 3.05) is 0 Å². The molecule has 0 fully saturated rings. The summed E-state index contributed by atoms with van der Waals surface area (Å²) in [6.07, 6.45) is 5.77. The Morgan fingerprint density at radius 2 is 2.09 bits per heavy atom. The summed E-state index contributed by atoms with van der Waals surface area (Å²) in [5.41, 5.74) is 2.48. The fraction of sp³-hybridized carbons (Fsp3) is 0.125. The third kappa shape index (κ3) is 3.23. The van der Waals surface area contributed by atoms with Gasteiger partial charge in [-0.15, -0.1) is 0 Å². The number of nitrogens with zero attached hydrogens (tertiary/aromatic N) is 4. The van der Waals surface area contributed by atoms with E-state index in [1.165, 1.54) is 12.3 Å². The average Bonchev–Trinajstić information content (AvgIpc) is 2.99. The molecule has 1 amide bonds. The molecule has 0 saturated carbocycles. The smallest absolute Gasteiger partial charge is 0.254 e. The van der Waals surface area contributed by atoms with Crippen molar-refractivity contribution < 1.29 is 9.18 Å². The minimum Gasteiger partial charge on any atom is -0.348 e. The first-order valence-corrected chi connectivity index (χ1v) is 6.96. The summed E-state index contributed by atoms with van der Waals surface area (Å²) in [6.45, 7) is 0.263. The molecule has 23 heavy (non-hydrogen) atoms. The monoisotopic (exact) mass is 311 g/mol. The maximum Gasteiger partial charge on any atom is 0.254 e. The van der Waals surface area contributed by atoms with Crippen LogP contribution >= 0.6 is 0 Å². The van der Waals surface area contributed by atoms with Crippen molar-refractivity contribution >= 4 is 5.91 Å². The quantitative estimate of drug-likeness (QED) is 0.799. The van der Waals surface area contributed by atoms with E-state index in [9.17, 15) is 9.18 Å². The molecule has 3 rings (SSSR count). The van der Waals surface area contributed by atoms with Crippen LogP contribution in [-0.2, 0) is 13.6 Å². The predicted octanol–water partition coefficient (Wildman–Crippen LogP) is 1.95. The summed E-state index contributed by atoms with van der Waals surface area (Å²) < 4.78 is 15.2. The van der Waals surface area contributed by atoms with Crippen molar-refractivity contribution in [1.29, 1.82) is 0 Å². The zero-order valence-electron chi connectivity index (χ0n) is 12.4. The molecule has 116 valence electrons. The number of nitrogens with one attached hydrogen (secondary N) is 1. The summed E-state index contributed by atoms with van der Waals surface area (Å²) in [5, 5.41) is 6.75. The Morgan fingerprint density at radius 1 is 1.22 bits per heavy atom. The van der Waals surface area contributed by atoms with Gasteiger partial charge in [0.2, 0.25) is 0 Å². The van der Waals surface area contributed by atoms with Gasteiger partial charge in [0.05, 0.1) is 23.1 Å². The SMILES string of the molecule is Cn1nccc1-c1ccc(CNC(=O)c2ccncc2F)cn1. The van der Waals surface area contributed by atoms with Gasteiger partial charge in [0, 0.05) is 32.2 Å². The number of hydrogen-bond donors (Lipinski definition) is 1. The van der Waals surface area contributed by atoms with Crippen molar-refractivity contribution in [3.8, 4) is 11.4 Å². The van der Waals surface area contributed by atoms with E-state index in [1.807, 2.05) is 25.2 Å². The number of rotatable bonds is 4. The molecule has 0 aliphatic rings. The van der Waals surface area contributed by atoms with E-state index >= 15 is 0 Å². The van der Waals surface area contributed by atoms with Crippen LogP contribution in [0, 0.1) is 5.82 Å². The van der Waals surface area contributed by atoms with Gasteiger partial charge in [-0.25, -0.2) is 4.39 Å². The Hall–Kier alpha value is -3.09. The summed E-state index contributed by atoms with van der Waals surface area (Å²) in [5.74, 6) is -1.13. The van der Waals surface area contributed by atoms with Crippen LogP contribution in [0.3, 0.4) is 0 Å². The van der Waals surface area contributed by atoms with Crippen LogP contribution in [-0.4, -0.2) is 25.7 Å². The summed E-state index contributed by atoms with van der Waals surface area (Å²) in [7, 11) is 1.84. The van der Waals surface area contributed by atoms with E-state index in [4.69, 9.17) is 0 Å². The molecule has 0 spiro atoms. The second-order valence-electron chi connectivity index (χ2n) is 4.93. The summed E-state index contributed by atoms with van der Waals surface area (Å²) in [6, 6.07) is 6.93. The van der Waals surface area contributed by atoms with Gasteiger partial charge < -0.3 is 5.32 Å². The Morgan fingerprint density at radius 3 is 2.74 bits per heavy atom. The average molecular weight is 311 g/mol. The van der Waals surface area contributed by atoms with Crippen molar-refractivity contribution in [3.63, 3.8) is 0 Å².